The summed E-state index contributed by atoms with van der Waals surface area (Å²) in [5.41, 5.74) is 2.43. The molecule has 146 valence electrons. The van der Waals surface area contributed by atoms with Gasteiger partial charge in [-0.3, -0.25) is 9.59 Å². The molecule has 0 bridgehead atoms. The minimum absolute atomic E-state index is 0.154. The van der Waals surface area contributed by atoms with Crippen molar-refractivity contribution in [3.8, 4) is 0 Å². The van der Waals surface area contributed by atoms with Crippen LogP contribution in [0.5, 0.6) is 0 Å². The predicted octanol–water partition coefficient (Wildman–Crippen LogP) is 2.72. The van der Waals surface area contributed by atoms with Gasteiger partial charge in [0.15, 0.2) is 5.43 Å². The first-order valence-corrected chi connectivity index (χ1v) is 10.5. The molecule has 8 heteroatoms. The molecule has 1 heterocycles. The van der Waals surface area contributed by atoms with Crippen LogP contribution in [0.4, 0.5) is 5.69 Å². The number of nitrogens with two attached hydrogens (primary N) is 1. The molecule has 29 heavy (non-hydrogen) atoms. The number of anilines is 1. The summed E-state index contributed by atoms with van der Waals surface area (Å²) < 4.78 is 22.5. The Bertz CT molecular complexity index is 1430. The van der Waals surface area contributed by atoms with Crippen LogP contribution < -0.4 is 15.9 Å². The second kappa shape index (κ2) is 7.16. The maximum atomic E-state index is 12.8. The van der Waals surface area contributed by atoms with Crippen LogP contribution in [0.15, 0.2) is 71.5 Å². The number of hydrogen-bond donors (Lipinski definition) is 3. The molecule has 0 aliphatic carbocycles. The number of pyridine rings is 1. The monoisotopic (exact) mass is 407 g/mol. The van der Waals surface area contributed by atoms with Gasteiger partial charge < -0.3 is 10.3 Å². The number of aromatic amines is 1. The summed E-state index contributed by atoms with van der Waals surface area (Å²) in [6.07, 6.45) is 0. The Kier molecular flexibility index (Phi) is 4.65. The Morgan fingerprint density at radius 3 is 2.48 bits per heavy atom. The first-order chi connectivity index (χ1) is 13.8. The Morgan fingerprint density at radius 1 is 0.931 bits per heavy atom. The van der Waals surface area contributed by atoms with E-state index in [0.717, 1.165) is 5.52 Å². The summed E-state index contributed by atoms with van der Waals surface area (Å²) in [7, 11) is -3.67. The molecule has 0 unspecified atom stereocenters. The van der Waals surface area contributed by atoms with Crippen LogP contribution in [0.1, 0.15) is 15.9 Å². The van der Waals surface area contributed by atoms with E-state index in [1.807, 2.05) is 12.1 Å². The molecule has 4 rings (SSSR count). The van der Waals surface area contributed by atoms with Crippen molar-refractivity contribution in [2.45, 2.75) is 5.75 Å². The minimum atomic E-state index is -3.67. The standard InChI is InChI=1S/C21H17N3O4S/c22-29(27,28)12-13-4-3-5-15(10-13)23-21(26)14-8-9-19-17(11-14)20(25)16-6-1-2-7-18(16)24-19/h1-11H,12H2,(H,23,26)(H,24,25)(H2,22,27,28). The molecule has 0 saturated carbocycles. The predicted molar refractivity (Wildman–Crippen MR) is 113 cm³/mol. The lowest BCUT2D eigenvalue weighted by atomic mass is 10.1. The number of rotatable bonds is 4. The number of hydrogen-bond acceptors (Lipinski definition) is 4. The molecule has 0 aliphatic heterocycles. The Morgan fingerprint density at radius 2 is 1.69 bits per heavy atom. The molecule has 4 aromatic rings. The molecule has 7 nitrogen and oxygen atoms in total. The number of primary sulfonamides is 1. The van der Waals surface area contributed by atoms with Gasteiger partial charge in [0.1, 0.15) is 0 Å². The molecule has 0 radical (unpaired) electrons. The topological polar surface area (TPSA) is 122 Å². The molecule has 0 saturated heterocycles. The smallest absolute Gasteiger partial charge is 0.255 e. The van der Waals surface area contributed by atoms with Crippen molar-refractivity contribution in [1.29, 1.82) is 0 Å². The fraction of sp³-hybridized carbons (Fsp3) is 0.0476. The average molecular weight is 407 g/mol. The Balaban J connectivity index is 1.67. The molecule has 3 aromatic carbocycles. The Hall–Kier alpha value is -3.49. The third-order valence-corrected chi connectivity index (χ3v) is 5.26. The molecule has 0 fully saturated rings. The zero-order valence-corrected chi connectivity index (χ0v) is 16.0. The van der Waals surface area contributed by atoms with E-state index in [1.165, 1.54) is 0 Å². The van der Waals surface area contributed by atoms with Crippen LogP contribution in [0, 0.1) is 0 Å². The van der Waals surface area contributed by atoms with Crippen molar-refractivity contribution < 1.29 is 13.2 Å². The van der Waals surface area contributed by atoms with Gasteiger partial charge >= 0.3 is 0 Å². The van der Waals surface area contributed by atoms with E-state index in [-0.39, 0.29) is 11.2 Å². The second-order valence-electron chi connectivity index (χ2n) is 6.72. The van der Waals surface area contributed by atoms with Crippen molar-refractivity contribution in [2.24, 2.45) is 5.14 Å². The fourth-order valence-electron chi connectivity index (χ4n) is 3.24. The summed E-state index contributed by atoms with van der Waals surface area (Å²) in [5, 5.41) is 8.75. The number of sulfonamides is 1. The zero-order valence-electron chi connectivity index (χ0n) is 15.2. The van der Waals surface area contributed by atoms with Crippen molar-refractivity contribution in [3.63, 3.8) is 0 Å². The number of nitrogens with one attached hydrogen (secondary N) is 2. The van der Waals surface area contributed by atoms with Gasteiger partial charge in [-0.05, 0) is 48.0 Å². The first-order valence-electron chi connectivity index (χ1n) is 8.76. The largest absolute Gasteiger partial charge is 0.354 e. The highest BCUT2D eigenvalue weighted by Crippen LogP contribution is 2.18. The molecular formula is C21H17N3O4S. The van der Waals surface area contributed by atoms with Crippen LogP contribution >= 0.6 is 0 Å². The van der Waals surface area contributed by atoms with Crippen molar-refractivity contribution >= 4 is 43.4 Å². The Labute approximate surface area is 166 Å². The van der Waals surface area contributed by atoms with E-state index < -0.39 is 15.9 Å². The maximum absolute atomic E-state index is 12.8. The normalized spacial score (nSPS) is 11.6. The van der Waals surface area contributed by atoms with Crippen molar-refractivity contribution in [1.82, 2.24) is 4.98 Å². The highest BCUT2D eigenvalue weighted by atomic mass is 32.2. The SMILES string of the molecule is NS(=O)(=O)Cc1cccc(NC(=O)c2ccc3[nH]c4ccccc4c(=O)c3c2)c1. The molecule has 0 spiro atoms. The number of para-hydroxylation sites is 1. The third-order valence-electron chi connectivity index (χ3n) is 4.52. The zero-order chi connectivity index (χ0) is 20.6. The summed E-state index contributed by atoms with van der Waals surface area (Å²) in [4.78, 5) is 28.6. The quantitative estimate of drug-likeness (QED) is 0.450. The highest BCUT2D eigenvalue weighted by Gasteiger charge is 2.12. The number of benzene rings is 3. The van der Waals surface area contributed by atoms with E-state index in [9.17, 15) is 18.0 Å². The maximum Gasteiger partial charge on any atom is 0.255 e. The van der Waals surface area contributed by atoms with Gasteiger partial charge in [-0.2, -0.15) is 0 Å². The van der Waals surface area contributed by atoms with Crippen LogP contribution in [-0.4, -0.2) is 19.3 Å². The van der Waals surface area contributed by atoms with Crippen molar-refractivity contribution in [3.05, 3.63) is 88.1 Å². The number of aromatic nitrogens is 1. The number of H-pyrrole nitrogens is 1. The van der Waals surface area contributed by atoms with Crippen LogP contribution in [0.25, 0.3) is 21.8 Å². The summed E-state index contributed by atoms with van der Waals surface area (Å²) in [5.74, 6) is -0.734. The average Bonchev–Trinajstić information content (AvgIpc) is 2.67. The van der Waals surface area contributed by atoms with Crippen LogP contribution in [0.3, 0.4) is 0 Å². The highest BCUT2D eigenvalue weighted by molar-refractivity contribution is 7.88. The summed E-state index contributed by atoms with van der Waals surface area (Å²) in [6, 6.07) is 18.5. The number of carbonyl (C=O) groups excluding carboxylic acids is 1. The van der Waals surface area contributed by atoms with Gasteiger partial charge in [-0.25, -0.2) is 13.6 Å². The number of carbonyl (C=O) groups is 1. The van der Waals surface area contributed by atoms with Crippen LogP contribution in [0.2, 0.25) is 0 Å². The van der Waals surface area contributed by atoms with Crippen LogP contribution in [-0.2, 0) is 15.8 Å². The molecule has 1 aromatic heterocycles. The summed E-state index contributed by atoms with van der Waals surface area (Å²) >= 11 is 0. The lowest BCUT2D eigenvalue weighted by Gasteiger charge is -2.08. The fourth-order valence-corrected chi connectivity index (χ4v) is 3.88. The minimum Gasteiger partial charge on any atom is -0.354 e. The molecule has 4 N–H and O–H groups in total. The van der Waals surface area contributed by atoms with Gasteiger partial charge in [-0.1, -0.05) is 24.3 Å². The van der Waals surface area contributed by atoms with Crippen molar-refractivity contribution in [2.75, 3.05) is 5.32 Å². The van der Waals surface area contributed by atoms with E-state index in [1.54, 1.807) is 54.6 Å². The number of fused-ring (bicyclic) bond motifs is 2. The van der Waals surface area contributed by atoms with E-state index in [0.29, 0.717) is 33.1 Å². The van der Waals surface area contributed by atoms with Gasteiger partial charge in [0.05, 0.1) is 5.75 Å². The van der Waals surface area contributed by atoms with E-state index in [4.69, 9.17) is 5.14 Å². The van der Waals surface area contributed by atoms with Gasteiger partial charge in [0.25, 0.3) is 5.91 Å². The molecular weight excluding hydrogens is 390 g/mol. The van der Waals surface area contributed by atoms with Gasteiger partial charge in [-0.15, -0.1) is 0 Å². The second-order valence-corrected chi connectivity index (χ2v) is 8.34. The molecule has 0 aliphatic rings. The molecule has 0 atom stereocenters. The lowest BCUT2D eigenvalue weighted by Crippen LogP contribution is -2.15. The third kappa shape index (κ3) is 4.03. The van der Waals surface area contributed by atoms with E-state index in [2.05, 4.69) is 10.3 Å². The van der Waals surface area contributed by atoms with Gasteiger partial charge in [0.2, 0.25) is 10.0 Å². The van der Waals surface area contributed by atoms with Gasteiger partial charge in [0, 0.05) is 33.1 Å². The molecule has 1 amide bonds. The number of amides is 1. The summed E-state index contributed by atoms with van der Waals surface area (Å²) in [6.45, 7) is 0. The lowest BCUT2D eigenvalue weighted by molar-refractivity contribution is 0.102. The van der Waals surface area contributed by atoms with E-state index >= 15 is 0 Å². The first kappa shape index (κ1) is 18.9.